The lowest BCUT2D eigenvalue weighted by Gasteiger charge is -2.10. The van der Waals surface area contributed by atoms with E-state index in [1.54, 1.807) is 0 Å². The van der Waals surface area contributed by atoms with Gasteiger partial charge in [0.1, 0.15) is 6.54 Å². The van der Waals surface area contributed by atoms with Gasteiger partial charge in [-0.25, -0.2) is 4.98 Å². The number of carbonyl (C=O) groups excluding carboxylic acids is 1. The molecule has 3 aromatic rings. The quantitative estimate of drug-likeness (QED) is 0.776. The van der Waals surface area contributed by atoms with E-state index in [4.69, 9.17) is 0 Å². The average Bonchev–Trinajstić information content (AvgIpc) is 3.12. The Bertz CT molecular complexity index is 901. The van der Waals surface area contributed by atoms with Crippen molar-refractivity contribution in [3.8, 4) is 10.6 Å². The van der Waals surface area contributed by atoms with Gasteiger partial charge in [-0.1, -0.05) is 31.2 Å². The summed E-state index contributed by atoms with van der Waals surface area (Å²) >= 11 is 1.52. The minimum Gasteiger partial charge on any atom is -0.324 e. The van der Waals surface area contributed by atoms with Crippen LogP contribution < -0.4 is 10.9 Å². The Morgan fingerprint density at radius 1 is 1.25 bits per heavy atom. The lowest BCUT2D eigenvalue weighted by Crippen LogP contribution is -2.27. The van der Waals surface area contributed by atoms with Gasteiger partial charge in [-0.05, 0) is 29.5 Å². The normalized spacial score (nSPS) is 10.5. The maximum absolute atomic E-state index is 12.2. The van der Waals surface area contributed by atoms with Gasteiger partial charge in [-0.3, -0.25) is 14.2 Å². The number of aromatic nitrogens is 2. The molecule has 3 rings (SSSR count). The number of rotatable bonds is 5. The van der Waals surface area contributed by atoms with E-state index in [0.29, 0.717) is 5.69 Å². The molecule has 1 aromatic carbocycles. The van der Waals surface area contributed by atoms with Crippen LogP contribution in [0.3, 0.4) is 0 Å². The average molecular weight is 339 g/mol. The number of aryl methyl sites for hydroxylation is 1. The van der Waals surface area contributed by atoms with Crippen LogP contribution in [0.25, 0.3) is 10.6 Å². The number of thiophene rings is 1. The molecule has 0 aliphatic heterocycles. The van der Waals surface area contributed by atoms with Gasteiger partial charge >= 0.3 is 0 Å². The standard InChI is InChI=1S/C18H17N3O2S/c1-2-13-6-3-4-7-14(13)20-17(22)11-21-12-19-15(10-18(21)23)16-8-5-9-24-16/h3-10,12H,2,11H2,1H3,(H,20,22). The number of hydrogen-bond acceptors (Lipinski definition) is 4. The van der Waals surface area contributed by atoms with Crippen LogP contribution >= 0.6 is 11.3 Å². The Labute approximate surface area is 143 Å². The zero-order valence-corrected chi connectivity index (χ0v) is 14.0. The number of amides is 1. The number of hydrogen-bond donors (Lipinski definition) is 1. The van der Waals surface area contributed by atoms with Crippen molar-refractivity contribution in [1.82, 2.24) is 9.55 Å². The molecule has 0 bridgehead atoms. The summed E-state index contributed by atoms with van der Waals surface area (Å²) < 4.78 is 1.31. The molecule has 0 saturated heterocycles. The second kappa shape index (κ2) is 7.23. The third-order valence-corrected chi connectivity index (χ3v) is 4.53. The van der Waals surface area contributed by atoms with E-state index in [0.717, 1.165) is 22.5 Å². The first kappa shape index (κ1) is 16.1. The van der Waals surface area contributed by atoms with Crippen molar-refractivity contribution >= 4 is 22.9 Å². The molecular formula is C18H17N3O2S. The van der Waals surface area contributed by atoms with E-state index < -0.39 is 0 Å². The van der Waals surface area contributed by atoms with Crippen LogP contribution in [0.1, 0.15) is 12.5 Å². The summed E-state index contributed by atoms with van der Waals surface area (Å²) in [6, 6.07) is 12.9. The molecule has 1 N–H and O–H groups in total. The van der Waals surface area contributed by atoms with Gasteiger partial charge in [-0.2, -0.15) is 0 Å². The minimum absolute atomic E-state index is 0.0609. The number of anilines is 1. The summed E-state index contributed by atoms with van der Waals surface area (Å²) in [5, 5.41) is 4.79. The molecule has 0 atom stereocenters. The Kier molecular flexibility index (Phi) is 4.86. The predicted molar refractivity (Wildman–Crippen MR) is 96.3 cm³/mol. The molecule has 0 spiro atoms. The van der Waals surface area contributed by atoms with E-state index in [1.165, 1.54) is 28.3 Å². The van der Waals surface area contributed by atoms with Crippen LogP contribution in [0.15, 0.2) is 59.0 Å². The summed E-state index contributed by atoms with van der Waals surface area (Å²) in [7, 11) is 0. The van der Waals surface area contributed by atoms with Crippen LogP contribution in [0.5, 0.6) is 0 Å². The monoisotopic (exact) mass is 339 g/mol. The lowest BCUT2D eigenvalue weighted by atomic mass is 10.1. The van der Waals surface area contributed by atoms with Crippen LogP contribution in [-0.2, 0) is 17.8 Å². The highest BCUT2D eigenvalue weighted by atomic mass is 32.1. The summed E-state index contributed by atoms with van der Waals surface area (Å²) in [5.74, 6) is -0.247. The molecule has 0 fully saturated rings. The van der Waals surface area contributed by atoms with Crippen molar-refractivity contribution in [3.05, 3.63) is 70.1 Å². The van der Waals surface area contributed by atoms with Gasteiger partial charge in [0.2, 0.25) is 5.91 Å². The number of para-hydroxylation sites is 1. The number of nitrogens with one attached hydrogen (secondary N) is 1. The molecule has 1 amide bonds. The van der Waals surface area contributed by atoms with Gasteiger partial charge in [0.05, 0.1) is 16.9 Å². The smallest absolute Gasteiger partial charge is 0.254 e. The number of benzene rings is 1. The second-order valence-electron chi connectivity index (χ2n) is 5.28. The molecule has 0 aliphatic carbocycles. The highest BCUT2D eigenvalue weighted by Crippen LogP contribution is 2.20. The predicted octanol–water partition coefficient (Wildman–Crippen LogP) is 3.17. The van der Waals surface area contributed by atoms with E-state index in [-0.39, 0.29) is 18.0 Å². The highest BCUT2D eigenvalue weighted by Gasteiger charge is 2.09. The Morgan fingerprint density at radius 2 is 2.08 bits per heavy atom. The molecule has 2 aromatic heterocycles. The molecule has 122 valence electrons. The molecule has 6 heteroatoms. The van der Waals surface area contributed by atoms with Crippen LogP contribution in [0.2, 0.25) is 0 Å². The first-order valence-electron chi connectivity index (χ1n) is 7.65. The van der Waals surface area contributed by atoms with E-state index in [1.807, 2.05) is 48.7 Å². The summed E-state index contributed by atoms with van der Waals surface area (Å²) in [6.07, 6.45) is 2.25. The molecule has 2 heterocycles. The molecule has 0 radical (unpaired) electrons. The van der Waals surface area contributed by atoms with Crippen molar-refractivity contribution in [2.45, 2.75) is 19.9 Å². The Hall–Kier alpha value is -2.73. The van der Waals surface area contributed by atoms with Gasteiger partial charge in [-0.15, -0.1) is 11.3 Å². The van der Waals surface area contributed by atoms with E-state index >= 15 is 0 Å². The van der Waals surface area contributed by atoms with Crippen molar-refractivity contribution in [2.75, 3.05) is 5.32 Å². The fraction of sp³-hybridized carbons (Fsp3) is 0.167. The zero-order valence-electron chi connectivity index (χ0n) is 13.2. The van der Waals surface area contributed by atoms with Crippen molar-refractivity contribution < 1.29 is 4.79 Å². The van der Waals surface area contributed by atoms with E-state index in [9.17, 15) is 9.59 Å². The lowest BCUT2D eigenvalue weighted by molar-refractivity contribution is -0.116. The third kappa shape index (κ3) is 3.60. The molecule has 0 saturated carbocycles. The second-order valence-corrected chi connectivity index (χ2v) is 6.22. The minimum atomic E-state index is -0.247. The van der Waals surface area contributed by atoms with Crippen molar-refractivity contribution in [3.63, 3.8) is 0 Å². The SMILES string of the molecule is CCc1ccccc1NC(=O)Cn1cnc(-c2cccs2)cc1=O. The van der Waals surface area contributed by atoms with E-state index in [2.05, 4.69) is 10.3 Å². The number of nitrogens with zero attached hydrogens (tertiary/aromatic N) is 2. The first-order valence-corrected chi connectivity index (χ1v) is 8.53. The van der Waals surface area contributed by atoms with Gasteiger partial charge in [0.25, 0.3) is 5.56 Å². The first-order chi connectivity index (χ1) is 11.7. The molecule has 5 nitrogen and oxygen atoms in total. The van der Waals surface area contributed by atoms with Crippen LogP contribution in [0, 0.1) is 0 Å². The number of carbonyl (C=O) groups is 1. The fourth-order valence-electron chi connectivity index (χ4n) is 2.40. The Morgan fingerprint density at radius 3 is 2.79 bits per heavy atom. The highest BCUT2D eigenvalue weighted by molar-refractivity contribution is 7.13. The molecule has 24 heavy (non-hydrogen) atoms. The summed E-state index contributed by atoms with van der Waals surface area (Å²) in [4.78, 5) is 29.6. The molecular weight excluding hydrogens is 322 g/mol. The van der Waals surface area contributed by atoms with Gasteiger partial charge in [0.15, 0.2) is 0 Å². The topological polar surface area (TPSA) is 64.0 Å². The molecule has 0 aliphatic rings. The maximum atomic E-state index is 12.2. The third-order valence-electron chi connectivity index (χ3n) is 3.64. The molecule has 0 unspecified atom stereocenters. The zero-order chi connectivity index (χ0) is 16.9. The maximum Gasteiger partial charge on any atom is 0.254 e. The van der Waals surface area contributed by atoms with Gasteiger partial charge in [0, 0.05) is 11.8 Å². The van der Waals surface area contributed by atoms with Crippen LogP contribution in [0.4, 0.5) is 5.69 Å². The summed E-state index contributed by atoms with van der Waals surface area (Å²) in [5.41, 5.74) is 2.22. The largest absolute Gasteiger partial charge is 0.324 e. The summed E-state index contributed by atoms with van der Waals surface area (Å²) in [6.45, 7) is 1.97. The van der Waals surface area contributed by atoms with Gasteiger partial charge < -0.3 is 5.32 Å². The van der Waals surface area contributed by atoms with Crippen LogP contribution in [-0.4, -0.2) is 15.5 Å². The fourth-order valence-corrected chi connectivity index (χ4v) is 3.09. The van der Waals surface area contributed by atoms with Crippen molar-refractivity contribution in [1.29, 1.82) is 0 Å². The van der Waals surface area contributed by atoms with Crippen molar-refractivity contribution in [2.24, 2.45) is 0 Å². The Balaban J connectivity index is 1.74.